The number of phenols is 1. The number of quaternary nitrogens is 1. The number of carbonyl (C=O) groups is 1. The molecule has 0 spiro atoms. The number of halogens is 1. The number of carbonyl (C=O) groups excluding carboxylic acids is 1. The number of phenolic OH excluding ortho intramolecular Hbond substituents is 1. The molecule has 0 radical (unpaired) electrons. The van der Waals surface area contributed by atoms with Gasteiger partial charge in [-0.05, 0) is 47.9 Å². The Morgan fingerprint density at radius 2 is 1.81 bits per heavy atom. The maximum Gasteiger partial charge on any atom is 0.337 e. The molecule has 0 saturated carbocycles. The number of aryl methyl sites for hydroxylation is 1. The van der Waals surface area contributed by atoms with Gasteiger partial charge in [0.25, 0.3) is 0 Å². The van der Waals surface area contributed by atoms with Gasteiger partial charge >= 0.3 is 5.97 Å². The summed E-state index contributed by atoms with van der Waals surface area (Å²) in [6.07, 6.45) is 3.03. The van der Waals surface area contributed by atoms with Gasteiger partial charge in [0, 0.05) is 21.8 Å². The van der Waals surface area contributed by atoms with Crippen molar-refractivity contribution in [3.8, 4) is 5.75 Å². The van der Waals surface area contributed by atoms with E-state index in [9.17, 15) is 9.90 Å². The predicted octanol–water partition coefficient (Wildman–Crippen LogP) is 4.45. The van der Waals surface area contributed by atoms with Crippen molar-refractivity contribution in [3.63, 3.8) is 0 Å². The summed E-state index contributed by atoms with van der Waals surface area (Å²) in [6.45, 7) is 2.14. The Labute approximate surface area is 196 Å². The molecule has 0 fully saturated rings. The Kier molecular flexibility index (Phi) is 6.63. The number of hydrogen-bond acceptors (Lipinski definition) is 4. The Bertz CT molecular complexity index is 1140. The second kappa shape index (κ2) is 9.59. The summed E-state index contributed by atoms with van der Waals surface area (Å²) < 4.78 is 5.73. The number of esters is 1. The van der Waals surface area contributed by atoms with Crippen LogP contribution in [0.2, 0.25) is 0 Å². The molecule has 32 heavy (non-hydrogen) atoms. The van der Waals surface area contributed by atoms with Crippen molar-refractivity contribution < 1.29 is 20.0 Å². The van der Waals surface area contributed by atoms with Gasteiger partial charge in [-0.2, -0.15) is 0 Å². The van der Waals surface area contributed by atoms with Gasteiger partial charge in [0.1, 0.15) is 11.8 Å². The Hall–Kier alpha value is -3.09. The molecule has 4 N–H and O–H groups in total. The van der Waals surface area contributed by atoms with E-state index in [1.165, 1.54) is 12.7 Å². The van der Waals surface area contributed by atoms with Crippen LogP contribution in [0.5, 0.6) is 5.75 Å². The highest BCUT2D eigenvalue weighted by molar-refractivity contribution is 9.10. The summed E-state index contributed by atoms with van der Waals surface area (Å²) in [6, 6.07) is 21.3. The largest absolute Gasteiger partial charge is 0.507 e. The summed E-state index contributed by atoms with van der Waals surface area (Å²) in [5.74, 6) is -0.0984. The molecule has 164 valence electrons. The van der Waals surface area contributed by atoms with Crippen LogP contribution in [-0.2, 0) is 11.2 Å². The third kappa shape index (κ3) is 4.71. The monoisotopic (exact) mass is 493 g/mol. The number of nitrogens with two attached hydrogens (primary N) is 1. The highest BCUT2D eigenvalue weighted by Gasteiger charge is 2.29. The lowest BCUT2D eigenvalue weighted by atomic mass is 9.97. The molecule has 6 heteroatoms. The molecule has 1 heterocycles. The Morgan fingerprint density at radius 3 is 2.47 bits per heavy atom. The van der Waals surface area contributed by atoms with E-state index in [1.807, 2.05) is 24.3 Å². The second-order valence-electron chi connectivity index (χ2n) is 7.79. The number of hydrogen-bond donors (Lipinski definition) is 3. The van der Waals surface area contributed by atoms with E-state index in [1.54, 1.807) is 18.2 Å². The maximum absolute atomic E-state index is 11.8. The smallest absolute Gasteiger partial charge is 0.337 e. The lowest BCUT2D eigenvalue weighted by Gasteiger charge is -2.30. The van der Waals surface area contributed by atoms with Crippen LogP contribution >= 0.6 is 15.9 Å². The zero-order valence-corrected chi connectivity index (χ0v) is 19.6. The fraction of sp³-hybridized carbons (Fsp3) is 0.192. The van der Waals surface area contributed by atoms with Crippen molar-refractivity contribution in [2.45, 2.75) is 25.6 Å². The summed E-state index contributed by atoms with van der Waals surface area (Å²) in [4.78, 5) is 11.8. The zero-order valence-electron chi connectivity index (χ0n) is 18.0. The quantitative estimate of drug-likeness (QED) is 0.459. The number of rotatable bonds is 5. The average molecular weight is 494 g/mol. The van der Waals surface area contributed by atoms with Gasteiger partial charge in [-0.3, -0.25) is 0 Å². The molecule has 3 aromatic rings. The van der Waals surface area contributed by atoms with Gasteiger partial charge in [-0.25, -0.2) is 4.79 Å². The maximum atomic E-state index is 11.8. The molecule has 0 aliphatic carbocycles. The van der Waals surface area contributed by atoms with Crippen LogP contribution in [0.3, 0.4) is 0 Å². The van der Waals surface area contributed by atoms with Crippen molar-refractivity contribution in [2.75, 3.05) is 7.11 Å². The number of aromatic hydroxyl groups is 1. The van der Waals surface area contributed by atoms with Gasteiger partial charge in [0.2, 0.25) is 0 Å². The van der Waals surface area contributed by atoms with Crippen molar-refractivity contribution in [1.29, 1.82) is 0 Å². The van der Waals surface area contributed by atoms with Crippen LogP contribution < -0.4 is 10.6 Å². The number of ether oxygens (including phenoxy) is 1. The predicted molar refractivity (Wildman–Crippen MR) is 128 cm³/mol. The first kappa shape index (κ1) is 22.1. The standard InChI is InChI=1S/C26H25BrN2O3/c1-3-16-4-6-17(7-5-16)22-15-23(21-14-20(27)12-13-24(21)30)29-25(28-22)18-8-10-19(11-9-18)26(31)32-2/h4-15,23,25,28-30H,3H2,1-2H3/p+1. The van der Waals surface area contributed by atoms with Crippen LogP contribution in [0.25, 0.3) is 5.70 Å². The SMILES string of the molecule is CCc1ccc(C2=CC(c3cc(Br)ccc3O)[NH2+]C(c3ccc(C(=O)OC)cc3)N2)cc1. The van der Waals surface area contributed by atoms with E-state index in [0.29, 0.717) is 5.56 Å². The van der Waals surface area contributed by atoms with Gasteiger partial charge in [-0.15, -0.1) is 0 Å². The lowest BCUT2D eigenvalue weighted by Crippen LogP contribution is -2.89. The highest BCUT2D eigenvalue weighted by atomic mass is 79.9. The summed E-state index contributed by atoms with van der Waals surface area (Å²) in [5.41, 5.74) is 5.74. The first-order chi connectivity index (χ1) is 15.5. The third-order valence-electron chi connectivity index (χ3n) is 5.77. The lowest BCUT2D eigenvalue weighted by molar-refractivity contribution is -0.731. The third-order valence-corrected chi connectivity index (χ3v) is 6.26. The molecule has 2 atom stereocenters. The zero-order chi connectivity index (χ0) is 22.7. The van der Waals surface area contributed by atoms with Crippen LogP contribution in [0.4, 0.5) is 0 Å². The first-order valence-electron chi connectivity index (χ1n) is 10.6. The minimum Gasteiger partial charge on any atom is -0.507 e. The van der Waals surface area contributed by atoms with E-state index in [0.717, 1.165) is 33.3 Å². The van der Waals surface area contributed by atoms with Gasteiger partial charge in [-0.1, -0.05) is 59.3 Å². The minimum absolute atomic E-state index is 0.0973. The summed E-state index contributed by atoms with van der Waals surface area (Å²) in [7, 11) is 1.38. The fourth-order valence-electron chi connectivity index (χ4n) is 3.93. The number of benzene rings is 3. The Morgan fingerprint density at radius 1 is 1.09 bits per heavy atom. The van der Waals surface area contributed by atoms with E-state index < -0.39 is 0 Å². The first-order valence-corrected chi connectivity index (χ1v) is 11.4. The van der Waals surface area contributed by atoms with Crippen molar-refractivity contribution in [3.05, 3.63) is 105 Å². The van der Waals surface area contributed by atoms with E-state index in [-0.39, 0.29) is 23.9 Å². The van der Waals surface area contributed by atoms with Crippen molar-refractivity contribution in [1.82, 2.24) is 5.32 Å². The molecular weight excluding hydrogens is 468 g/mol. The van der Waals surface area contributed by atoms with Crippen molar-refractivity contribution >= 4 is 27.6 Å². The number of methoxy groups -OCH3 is 1. The van der Waals surface area contributed by atoms with Crippen molar-refractivity contribution in [2.24, 2.45) is 0 Å². The second-order valence-corrected chi connectivity index (χ2v) is 8.70. The normalized spacial score (nSPS) is 17.9. The average Bonchev–Trinajstić information content (AvgIpc) is 2.85. The van der Waals surface area contributed by atoms with Gasteiger partial charge in [0.15, 0.2) is 6.17 Å². The molecule has 3 aromatic carbocycles. The van der Waals surface area contributed by atoms with Crippen LogP contribution in [0, 0.1) is 0 Å². The highest BCUT2D eigenvalue weighted by Crippen LogP contribution is 2.31. The molecule has 2 unspecified atom stereocenters. The number of nitrogens with one attached hydrogen (secondary N) is 1. The molecule has 0 amide bonds. The summed E-state index contributed by atoms with van der Waals surface area (Å²) >= 11 is 3.52. The van der Waals surface area contributed by atoms with E-state index in [2.05, 4.69) is 63.8 Å². The summed E-state index contributed by atoms with van der Waals surface area (Å²) in [5, 5.41) is 16.3. The molecule has 0 saturated heterocycles. The Balaban J connectivity index is 1.72. The minimum atomic E-state index is -0.356. The fourth-order valence-corrected chi connectivity index (χ4v) is 4.31. The molecule has 4 rings (SSSR count). The molecular formula is C26H26BrN2O3+. The van der Waals surface area contributed by atoms with Crippen LogP contribution in [0.15, 0.2) is 77.3 Å². The molecule has 5 nitrogen and oxygen atoms in total. The molecule has 1 aliphatic rings. The molecule has 0 aromatic heterocycles. The van der Waals surface area contributed by atoms with Gasteiger partial charge in [0.05, 0.1) is 18.2 Å². The van der Waals surface area contributed by atoms with Crippen LogP contribution in [-0.4, -0.2) is 18.2 Å². The molecule has 1 aliphatic heterocycles. The molecule has 0 bridgehead atoms. The van der Waals surface area contributed by atoms with E-state index in [4.69, 9.17) is 4.74 Å². The van der Waals surface area contributed by atoms with Gasteiger partial charge < -0.3 is 20.5 Å². The topological polar surface area (TPSA) is 75.2 Å². The van der Waals surface area contributed by atoms with E-state index >= 15 is 0 Å². The van der Waals surface area contributed by atoms with Crippen LogP contribution in [0.1, 0.15) is 51.7 Å².